The summed E-state index contributed by atoms with van der Waals surface area (Å²) in [5.41, 5.74) is 0.790. The monoisotopic (exact) mass is 248 g/mol. The van der Waals surface area contributed by atoms with E-state index in [1.807, 2.05) is 0 Å². The van der Waals surface area contributed by atoms with Crippen molar-refractivity contribution in [1.29, 1.82) is 0 Å². The van der Waals surface area contributed by atoms with Gasteiger partial charge in [0, 0.05) is 13.6 Å². The molecule has 1 saturated carbocycles. The van der Waals surface area contributed by atoms with Crippen molar-refractivity contribution in [3.63, 3.8) is 0 Å². The number of carbonyl (C=O) groups is 1. The molecule has 1 aliphatic carbocycles. The molecule has 0 aromatic carbocycles. The van der Waals surface area contributed by atoms with Gasteiger partial charge in [-0.1, -0.05) is 13.3 Å². The number of hydrogen-bond donors (Lipinski definition) is 2. The summed E-state index contributed by atoms with van der Waals surface area (Å²) in [6.45, 7) is 3.18. The Bertz CT molecular complexity index is 406. The first-order valence-corrected chi connectivity index (χ1v) is 6.49. The third kappa shape index (κ3) is 2.60. The quantitative estimate of drug-likeness (QED) is 0.834. The van der Waals surface area contributed by atoms with Crippen molar-refractivity contribution in [2.24, 2.45) is 5.41 Å². The Hall–Kier alpha value is -1.65. The van der Waals surface area contributed by atoms with Crippen molar-refractivity contribution in [1.82, 2.24) is 15.5 Å². The SMILES string of the molecule is CCC1(CNc2ccc(C(=O)NC)nn2)CCC1. The van der Waals surface area contributed by atoms with E-state index in [9.17, 15) is 4.79 Å². The van der Waals surface area contributed by atoms with E-state index in [2.05, 4.69) is 27.8 Å². The lowest BCUT2D eigenvalue weighted by atomic mass is 9.67. The van der Waals surface area contributed by atoms with E-state index in [0.29, 0.717) is 11.1 Å². The fraction of sp³-hybridized carbons (Fsp3) is 0.615. The molecule has 1 aromatic rings. The Balaban J connectivity index is 1.92. The van der Waals surface area contributed by atoms with Gasteiger partial charge in [0.25, 0.3) is 5.91 Å². The van der Waals surface area contributed by atoms with Crippen molar-refractivity contribution < 1.29 is 4.79 Å². The zero-order valence-electron chi connectivity index (χ0n) is 11.0. The summed E-state index contributed by atoms with van der Waals surface area (Å²) in [6, 6.07) is 3.49. The van der Waals surface area contributed by atoms with Gasteiger partial charge in [-0.3, -0.25) is 4.79 Å². The summed E-state index contributed by atoms with van der Waals surface area (Å²) in [5, 5.41) is 13.8. The third-order valence-electron chi connectivity index (χ3n) is 3.93. The fourth-order valence-corrected chi connectivity index (χ4v) is 2.29. The molecule has 0 spiro atoms. The van der Waals surface area contributed by atoms with Gasteiger partial charge in [-0.25, -0.2) is 0 Å². The molecule has 2 rings (SSSR count). The zero-order valence-corrected chi connectivity index (χ0v) is 11.0. The highest BCUT2D eigenvalue weighted by Crippen LogP contribution is 2.43. The molecule has 0 saturated heterocycles. The molecular weight excluding hydrogens is 228 g/mol. The summed E-state index contributed by atoms with van der Waals surface area (Å²) < 4.78 is 0. The summed E-state index contributed by atoms with van der Waals surface area (Å²) >= 11 is 0. The number of aromatic nitrogens is 2. The molecule has 1 heterocycles. The average molecular weight is 248 g/mol. The highest BCUT2D eigenvalue weighted by molar-refractivity contribution is 5.91. The van der Waals surface area contributed by atoms with Gasteiger partial charge in [0.15, 0.2) is 5.69 Å². The van der Waals surface area contributed by atoms with Crippen LogP contribution in [0.2, 0.25) is 0 Å². The van der Waals surface area contributed by atoms with Gasteiger partial charge in [0.05, 0.1) is 0 Å². The third-order valence-corrected chi connectivity index (χ3v) is 3.93. The normalized spacial score (nSPS) is 16.8. The van der Waals surface area contributed by atoms with Crippen LogP contribution in [-0.4, -0.2) is 29.7 Å². The van der Waals surface area contributed by atoms with E-state index in [4.69, 9.17) is 0 Å². The van der Waals surface area contributed by atoms with Crippen LogP contribution in [0.5, 0.6) is 0 Å². The van der Waals surface area contributed by atoms with E-state index in [0.717, 1.165) is 12.4 Å². The van der Waals surface area contributed by atoms with Crippen molar-refractivity contribution in [2.75, 3.05) is 18.9 Å². The summed E-state index contributed by atoms with van der Waals surface area (Å²) in [5.74, 6) is 0.528. The lowest BCUT2D eigenvalue weighted by Crippen LogP contribution is -2.36. The molecule has 98 valence electrons. The van der Waals surface area contributed by atoms with E-state index in [1.54, 1.807) is 19.2 Å². The fourth-order valence-electron chi connectivity index (χ4n) is 2.29. The zero-order chi connectivity index (χ0) is 13.0. The molecule has 2 N–H and O–H groups in total. The smallest absolute Gasteiger partial charge is 0.271 e. The standard InChI is InChI=1S/C13H20N4O/c1-3-13(7-4-8-13)9-15-11-6-5-10(16-17-11)12(18)14-2/h5-6H,3-4,7-9H2,1-2H3,(H,14,18)(H,15,17). The van der Waals surface area contributed by atoms with Gasteiger partial charge in [0.1, 0.15) is 5.82 Å². The first kappa shape index (κ1) is 12.8. The molecule has 1 aliphatic rings. The van der Waals surface area contributed by atoms with E-state index < -0.39 is 0 Å². The van der Waals surface area contributed by atoms with Gasteiger partial charge >= 0.3 is 0 Å². The second-order valence-electron chi connectivity index (χ2n) is 4.94. The Morgan fingerprint density at radius 3 is 2.61 bits per heavy atom. The molecule has 1 fully saturated rings. The maximum atomic E-state index is 11.3. The lowest BCUT2D eigenvalue weighted by Gasteiger charge is -2.41. The summed E-state index contributed by atoms with van der Waals surface area (Å²) in [4.78, 5) is 11.3. The first-order chi connectivity index (χ1) is 8.69. The molecule has 1 amide bonds. The Morgan fingerprint density at radius 1 is 1.39 bits per heavy atom. The molecular formula is C13H20N4O. The molecule has 5 heteroatoms. The number of nitrogens with zero attached hydrogens (tertiary/aromatic N) is 2. The van der Waals surface area contributed by atoms with Crippen molar-refractivity contribution in [3.8, 4) is 0 Å². The van der Waals surface area contributed by atoms with Crippen molar-refractivity contribution in [2.45, 2.75) is 32.6 Å². The minimum atomic E-state index is -0.210. The molecule has 18 heavy (non-hydrogen) atoms. The van der Waals surface area contributed by atoms with Crippen LogP contribution in [0.1, 0.15) is 43.1 Å². The van der Waals surface area contributed by atoms with Gasteiger partial charge < -0.3 is 10.6 Å². The van der Waals surface area contributed by atoms with Gasteiger partial charge in [0.2, 0.25) is 0 Å². The van der Waals surface area contributed by atoms with E-state index >= 15 is 0 Å². The highest BCUT2D eigenvalue weighted by atomic mass is 16.1. The Morgan fingerprint density at radius 2 is 2.17 bits per heavy atom. The number of hydrogen-bond acceptors (Lipinski definition) is 4. The van der Waals surface area contributed by atoms with Crippen molar-refractivity contribution in [3.05, 3.63) is 17.8 Å². The van der Waals surface area contributed by atoms with Crippen LogP contribution in [0.15, 0.2) is 12.1 Å². The number of rotatable bonds is 5. The van der Waals surface area contributed by atoms with E-state index in [1.165, 1.54) is 25.7 Å². The molecule has 0 aliphatic heterocycles. The van der Waals surface area contributed by atoms with Crippen LogP contribution in [0.25, 0.3) is 0 Å². The van der Waals surface area contributed by atoms with Crippen LogP contribution in [0.3, 0.4) is 0 Å². The summed E-state index contributed by atoms with van der Waals surface area (Å²) in [6.07, 6.45) is 5.11. The second kappa shape index (κ2) is 5.33. The molecule has 1 aromatic heterocycles. The molecule has 0 unspecified atom stereocenters. The van der Waals surface area contributed by atoms with Crippen LogP contribution in [0.4, 0.5) is 5.82 Å². The topological polar surface area (TPSA) is 66.9 Å². The molecule has 5 nitrogen and oxygen atoms in total. The number of carbonyl (C=O) groups excluding carboxylic acids is 1. The number of nitrogens with one attached hydrogen (secondary N) is 2. The van der Waals surface area contributed by atoms with E-state index in [-0.39, 0.29) is 5.91 Å². The number of anilines is 1. The van der Waals surface area contributed by atoms with Gasteiger partial charge in [-0.05, 0) is 36.8 Å². The first-order valence-electron chi connectivity index (χ1n) is 6.49. The van der Waals surface area contributed by atoms with Gasteiger partial charge in [-0.15, -0.1) is 10.2 Å². The lowest BCUT2D eigenvalue weighted by molar-refractivity contribution is 0.0957. The Labute approximate surface area is 107 Å². The second-order valence-corrected chi connectivity index (χ2v) is 4.94. The molecule has 0 bridgehead atoms. The average Bonchev–Trinajstić information content (AvgIpc) is 2.38. The minimum Gasteiger partial charge on any atom is -0.368 e. The van der Waals surface area contributed by atoms with Crippen LogP contribution < -0.4 is 10.6 Å². The minimum absolute atomic E-state index is 0.210. The molecule has 0 atom stereocenters. The van der Waals surface area contributed by atoms with Crippen molar-refractivity contribution >= 4 is 11.7 Å². The van der Waals surface area contributed by atoms with Crippen LogP contribution in [-0.2, 0) is 0 Å². The van der Waals surface area contributed by atoms with Crippen LogP contribution in [0, 0.1) is 5.41 Å². The maximum Gasteiger partial charge on any atom is 0.271 e. The predicted molar refractivity (Wildman–Crippen MR) is 70.5 cm³/mol. The maximum absolute atomic E-state index is 11.3. The van der Waals surface area contributed by atoms with Gasteiger partial charge in [-0.2, -0.15) is 0 Å². The molecule has 0 radical (unpaired) electrons. The largest absolute Gasteiger partial charge is 0.368 e. The predicted octanol–water partition coefficient (Wildman–Crippen LogP) is 1.83. The van der Waals surface area contributed by atoms with Crippen LogP contribution >= 0.6 is 0 Å². The highest BCUT2D eigenvalue weighted by Gasteiger charge is 2.34. The number of amides is 1. The Kier molecular flexibility index (Phi) is 3.79. The summed E-state index contributed by atoms with van der Waals surface area (Å²) in [7, 11) is 1.58.